The Morgan fingerprint density at radius 2 is 2.11 bits per heavy atom. The Kier molecular flexibility index (Phi) is 5.80. The van der Waals surface area contributed by atoms with Crippen LogP contribution in [0.15, 0.2) is 24.4 Å². The molecule has 152 valence electrons. The Labute approximate surface area is 166 Å². The van der Waals surface area contributed by atoms with Crippen LogP contribution in [0.1, 0.15) is 44.9 Å². The van der Waals surface area contributed by atoms with Crippen LogP contribution in [-0.2, 0) is 14.3 Å². The number of hydrogen-bond acceptors (Lipinski definition) is 5. The van der Waals surface area contributed by atoms with Crippen LogP contribution in [0.2, 0.25) is 0 Å². The van der Waals surface area contributed by atoms with Gasteiger partial charge in [-0.25, -0.2) is 4.98 Å². The molecule has 3 heterocycles. The SMILES string of the molecule is O=C(CNc1ccccn1)N1CCCC(NC(=O)C2(C3CCCCO3)CC2)C1. The normalized spacial score (nSPS) is 26.4. The first-order valence-electron chi connectivity index (χ1n) is 10.5. The van der Waals surface area contributed by atoms with Crippen molar-refractivity contribution in [1.82, 2.24) is 15.2 Å². The van der Waals surface area contributed by atoms with Gasteiger partial charge in [0.1, 0.15) is 5.82 Å². The Morgan fingerprint density at radius 3 is 2.82 bits per heavy atom. The van der Waals surface area contributed by atoms with Gasteiger partial charge in [-0.1, -0.05) is 6.07 Å². The maximum atomic E-state index is 13.0. The first-order chi connectivity index (χ1) is 13.7. The monoisotopic (exact) mass is 386 g/mol. The molecule has 2 unspecified atom stereocenters. The smallest absolute Gasteiger partial charge is 0.241 e. The van der Waals surface area contributed by atoms with Crippen molar-refractivity contribution in [3.05, 3.63) is 24.4 Å². The number of carbonyl (C=O) groups is 2. The Hall–Kier alpha value is -2.15. The molecular formula is C21H30N4O3. The summed E-state index contributed by atoms with van der Waals surface area (Å²) < 4.78 is 5.91. The molecule has 1 aromatic rings. The molecule has 1 aromatic heterocycles. The molecule has 7 nitrogen and oxygen atoms in total. The third-order valence-corrected chi connectivity index (χ3v) is 6.23. The van der Waals surface area contributed by atoms with E-state index in [1.54, 1.807) is 6.20 Å². The number of nitrogens with one attached hydrogen (secondary N) is 2. The molecule has 2 saturated heterocycles. The highest BCUT2D eigenvalue weighted by Crippen LogP contribution is 2.52. The summed E-state index contributed by atoms with van der Waals surface area (Å²) in [7, 11) is 0. The number of aromatic nitrogens is 1. The fourth-order valence-corrected chi connectivity index (χ4v) is 4.40. The van der Waals surface area contributed by atoms with Gasteiger partial charge in [0.2, 0.25) is 11.8 Å². The average Bonchev–Trinajstić information content (AvgIpc) is 3.56. The first kappa shape index (κ1) is 19.2. The molecule has 0 spiro atoms. The maximum absolute atomic E-state index is 13.0. The lowest BCUT2D eigenvalue weighted by atomic mass is 9.91. The van der Waals surface area contributed by atoms with Crippen LogP contribution in [0.3, 0.4) is 0 Å². The van der Waals surface area contributed by atoms with Crippen LogP contribution in [0.25, 0.3) is 0 Å². The standard InChI is InChI=1S/C21H30N4O3/c26-19(14-23-18-8-1-3-11-22-18)25-12-5-6-16(15-25)24-20(27)21(9-10-21)17-7-2-4-13-28-17/h1,3,8,11,16-17H,2,4-7,9-10,12-15H2,(H,22,23)(H,24,27). The van der Waals surface area contributed by atoms with Crippen molar-refractivity contribution in [2.75, 3.05) is 31.6 Å². The van der Waals surface area contributed by atoms with E-state index in [1.165, 1.54) is 0 Å². The lowest BCUT2D eigenvalue weighted by molar-refractivity contribution is -0.137. The maximum Gasteiger partial charge on any atom is 0.241 e. The topological polar surface area (TPSA) is 83.6 Å². The van der Waals surface area contributed by atoms with E-state index < -0.39 is 0 Å². The van der Waals surface area contributed by atoms with Gasteiger partial charge in [0.15, 0.2) is 0 Å². The molecule has 0 aromatic carbocycles. The molecule has 1 saturated carbocycles. The van der Waals surface area contributed by atoms with Crippen LogP contribution in [-0.4, -0.2) is 60.1 Å². The summed E-state index contributed by atoms with van der Waals surface area (Å²) in [4.78, 5) is 31.6. The van der Waals surface area contributed by atoms with Gasteiger partial charge >= 0.3 is 0 Å². The van der Waals surface area contributed by atoms with E-state index in [9.17, 15) is 9.59 Å². The predicted octanol–water partition coefficient (Wildman–Crippen LogP) is 1.95. The van der Waals surface area contributed by atoms with E-state index in [4.69, 9.17) is 4.74 Å². The van der Waals surface area contributed by atoms with E-state index in [1.807, 2.05) is 23.1 Å². The van der Waals surface area contributed by atoms with Gasteiger partial charge in [-0.2, -0.15) is 0 Å². The summed E-state index contributed by atoms with van der Waals surface area (Å²) >= 11 is 0. The summed E-state index contributed by atoms with van der Waals surface area (Å²) in [6.45, 7) is 2.31. The number of piperidine rings is 1. The Balaban J connectivity index is 1.27. The van der Waals surface area contributed by atoms with Crippen molar-refractivity contribution >= 4 is 17.6 Å². The van der Waals surface area contributed by atoms with Crippen LogP contribution in [0.4, 0.5) is 5.82 Å². The zero-order valence-electron chi connectivity index (χ0n) is 16.4. The van der Waals surface area contributed by atoms with E-state index in [2.05, 4.69) is 15.6 Å². The third kappa shape index (κ3) is 4.29. The van der Waals surface area contributed by atoms with Crippen molar-refractivity contribution in [3.63, 3.8) is 0 Å². The zero-order chi connectivity index (χ0) is 19.4. The second-order valence-electron chi connectivity index (χ2n) is 8.23. The van der Waals surface area contributed by atoms with Crippen LogP contribution >= 0.6 is 0 Å². The number of pyridine rings is 1. The largest absolute Gasteiger partial charge is 0.377 e. The number of hydrogen-bond donors (Lipinski definition) is 2. The highest BCUT2D eigenvalue weighted by atomic mass is 16.5. The number of anilines is 1. The molecule has 2 atom stereocenters. The fourth-order valence-electron chi connectivity index (χ4n) is 4.40. The molecule has 3 fully saturated rings. The number of likely N-dealkylation sites (tertiary alicyclic amines) is 1. The number of rotatable bonds is 6. The summed E-state index contributed by atoms with van der Waals surface area (Å²) in [6, 6.07) is 5.60. The van der Waals surface area contributed by atoms with Gasteiger partial charge < -0.3 is 20.3 Å². The molecule has 2 amide bonds. The minimum Gasteiger partial charge on any atom is -0.377 e. The number of carbonyl (C=O) groups excluding carboxylic acids is 2. The summed E-state index contributed by atoms with van der Waals surface area (Å²) in [5.74, 6) is 0.868. The molecule has 3 aliphatic rings. The van der Waals surface area contributed by atoms with Gasteiger partial charge in [0.05, 0.1) is 18.1 Å². The summed E-state index contributed by atoms with van der Waals surface area (Å²) in [6.07, 6.45) is 8.68. The molecular weight excluding hydrogens is 356 g/mol. The van der Waals surface area contributed by atoms with Crippen molar-refractivity contribution in [3.8, 4) is 0 Å². The van der Waals surface area contributed by atoms with Crippen LogP contribution in [0.5, 0.6) is 0 Å². The Morgan fingerprint density at radius 1 is 1.21 bits per heavy atom. The number of ether oxygens (including phenoxy) is 1. The second kappa shape index (κ2) is 8.47. The van der Waals surface area contributed by atoms with Crippen molar-refractivity contribution in [1.29, 1.82) is 0 Å². The first-order valence-corrected chi connectivity index (χ1v) is 10.5. The van der Waals surface area contributed by atoms with E-state index in [0.29, 0.717) is 12.4 Å². The predicted molar refractivity (Wildman–Crippen MR) is 106 cm³/mol. The van der Waals surface area contributed by atoms with E-state index in [-0.39, 0.29) is 35.9 Å². The van der Waals surface area contributed by atoms with Crippen molar-refractivity contribution in [2.45, 2.75) is 57.1 Å². The minimum atomic E-state index is -0.312. The molecule has 4 rings (SSSR count). The minimum absolute atomic E-state index is 0.0288. The van der Waals surface area contributed by atoms with Gasteiger partial charge in [0, 0.05) is 31.9 Å². The lowest BCUT2D eigenvalue weighted by Gasteiger charge is -2.35. The van der Waals surface area contributed by atoms with Crippen molar-refractivity contribution in [2.24, 2.45) is 5.41 Å². The highest BCUT2D eigenvalue weighted by Gasteiger charge is 2.56. The molecule has 0 bridgehead atoms. The van der Waals surface area contributed by atoms with Gasteiger partial charge in [-0.3, -0.25) is 9.59 Å². The van der Waals surface area contributed by atoms with Crippen LogP contribution < -0.4 is 10.6 Å². The molecule has 2 N–H and O–H groups in total. The number of nitrogens with zero attached hydrogens (tertiary/aromatic N) is 2. The van der Waals surface area contributed by atoms with Gasteiger partial charge in [-0.15, -0.1) is 0 Å². The fraction of sp³-hybridized carbons (Fsp3) is 0.667. The Bertz CT molecular complexity index is 686. The third-order valence-electron chi connectivity index (χ3n) is 6.23. The quantitative estimate of drug-likeness (QED) is 0.781. The molecule has 28 heavy (non-hydrogen) atoms. The lowest BCUT2D eigenvalue weighted by Crippen LogP contribution is -2.53. The molecule has 2 aliphatic heterocycles. The van der Waals surface area contributed by atoms with Crippen molar-refractivity contribution < 1.29 is 14.3 Å². The number of amides is 2. The average molecular weight is 386 g/mol. The molecule has 0 radical (unpaired) electrons. The van der Waals surface area contributed by atoms with Gasteiger partial charge in [0.25, 0.3) is 0 Å². The van der Waals surface area contributed by atoms with Crippen LogP contribution in [0, 0.1) is 5.41 Å². The van der Waals surface area contributed by atoms with E-state index >= 15 is 0 Å². The van der Waals surface area contributed by atoms with Gasteiger partial charge in [-0.05, 0) is 57.1 Å². The second-order valence-corrected chi connectivity index (χ2v) is 8.23. The zero-order valence-corrected chi connectivity index (χ0v) is 16.4. The van der Waals surface area contributed by atoms with E-state index in [0.717, 1.165) is 58.1 Å². The summed E-state index contributed by atoms with van der Waals surface area (Å²) in [5, 5.41) is 6.30. The molecule has 7 heteroatoms. The summed E-state index contributed by atoms with van der Waals surface area (Å²) in [5.41, 5.74) is -0.312. The highest BCUT2D eigenvalue weighted by molar-refractivity contribution is 5.86. The molecule has 1 aliphatic carbocycles.